The Morgan fingerprint density at radius 3 is 2.47 bits per heavy atom. The molecule has 19 heavy (non-hydrogen) atoms. The summed E-state index contributed by atoms with van der Waals surface area (Å²) in [5.74, 6) is -1.12. The highest BCUT2D eigenvalue weighted by molar-refractivity contribution is 7.80. The van der Waals surface area contributed by atoms with E-state index in [1.807, 2.05) is 0 Å². The summed E-state index contributed by atoms with van der Waals surface area (Å²) < 4.78 is 26.5. The molecular weight excluding hydrogens is 290 g/mol. The van der Waals surface area contributed by atoms with E-state index in [4.69, 9.17) is 29.6 Å². The van der Waals surface area contributed by atoms with Gasteiger partial charge in [-0.25, -0.2) is 8.78 Å². The van der Waals surface area contributed by atoms with Gasteiger partial charge < -0.3 is 11.1 Å². The van der Waals surface area contributed by atoms with Crippen LogP contribution in [0.15, 0.2) is 36.4 Å². The highest BCUT2D eigenvalue weighted by Gasteiger charge is 2.08. The summed E-state index contributed by atoms with van der Waals surface area (Å²) in [6, 6.07) is 7.93. The number of hydrogen-bond donors (Lipinski definition) is 2. The molecule has 0 saturated carbocycles. The molecule has 0 unspecified atom stereocenters. The van der Waals surface area contributed by atoms with Gasteiger partial charge in [0, 0.05) is 11.6 Å². The van der Waals surface area contributed by atoms with Crippen LogP contribution in [-0.2, 0) is 0 Å². The van der Waals surface area contributed by atoms with E-state index in [1.165, 1.54) is 0 Å². The standard InChI is InChI=1S/C13H9ClF2N2S/c14-9-5-7(13(17)19)1-4-11(9)18-12-6-8(15)2-3-10(12)16/h1-6,18H,(H2,17,19). The minimum absolute atomic E-state index is 0.00461. The number of thiocarbonyl (C=S) groups is 1. The lowest BCUT2D eigenvalue weighted by Crippen LogP contribution is -2.09. The van der Waals surface area contributed by atoms with Crippen LogP contribution in [0, 0.1) is 11.6 Å². The first-order chi connectivity index (χ1) is 8.97. The van der Waals surface area contributed by atoms with Gasteiger partial charge in [0.1, 0.15) is 16.6 Å². The predicted molar refractivity (Wildman–Crippen MR) is 77.0 cm³/mol. The van der Waals surface area contributed by atoms with Crippen molar-refractivity contribution in [3.8, 4) is 0 Å². The van der Waals surface area contributed by atoms with Crippen LogP contribution >= 0.6 is 23.8 Å². The fourth-order valence-electron chi connectivity index (χ4n) is 1.51. The lowest BCUT2D eigenvalue weighted by Gasteiger charge is -2.10. The largest absolute Gasteiger partial charge is 0.389 e. The Kier molecular flexibility index (Phi) is 3.97. The van der Waals surface area contributed by atoms with E-state index in [1.54, 1.807) is 18.2 Å². The fourth-order valence-corrected chi connectivity index (χ4v) is 1.86. The Morgan fingerprint density at radius 2 is 1.84 bits per heavy atom. The van der Waals surface area contributed by atoms with Crippen LogP contribution in [0.2, 0.25) is 5.02 Å². The molecule has 98 valence electrons. The van der Waals surface area contributed by atoms with E-state index < -0.39 is 11.6 Å². The number of hydrogen-bond acceptors (Lipinski definition) is 2. The smallest absolute Gasteiger partial charge is 0.146 e. The summed E-state index contributed by atoms with van der Waals surface area (Å²) in [7, 11) is 0. The zero-order valence-electron chi connectivity index (χ0n) is 9.58. The molecule has 3 N–H and O–H groups in total. The molecule has 0 aliphatic rings. The van der Waals surface area contributed by atoms with E-state index >= 15 is 0 Å². The van der Waals surface area contributed by atoms with Crippen molar-refractivity contribution in [2.24, 2.45) is 5.73 Å². The molecule has 0 fully saturated rings. The van der Waals surface area contributed by atoms with Gasteiger partial charge in [-0.1, -0.05) is 23.8 Å². The summed E-state index contributed by atoms with van der Waals surface area (Å²) in [6.45, 7) is 0. The Bertz CT molecular complexity index is 647. The van der Waals surface area contributed by atoms with Gasteiger partial charge in [-0.15, -0.1) is 0 Å². The van der Waals surface area contributed by atoms with Gasteiger partial charge >= 0.3 is 0 Å². The maximum absolute atomic E-state index is 13.5. The lowest BCUT2D eigenvalue weighted by molar-refractivity contribution is 0.603. The molecule has 0 aliphatic heterocycles. The summed E-state index contributed by atoms with van der Waals surface area (Å²) in [6.07, 6.45) is 0. The van der Waals surface area contributed by atoms with Gasteiger partial charge in [-0.3, -0.25) is 0 Å². The van der Waals surface area contributed by atoms with Gasteiger partial charge in [0.05, 0.1) is 16.4 Å². The van der Waals surface area contributed by atoms with Crippen molar-refractivity contribution in [2.45, 2.75) is 0 Å². The normalized spacial score (nSPS) is 10.3. The van der Waals surface area contributed by atoms with E-state index in [-0.39, 0.29) is 10.7 Å². The molecule has 2 rings (SSSR count). The first-order valence-corrected chi connectivity index (χ1v) is 6.07. The Hall–Kier alpha value is -1.72. The molecule has 0 saturated heterocycles. The number of nitrogens with one attached hydrogen (secondary N) is 1. The van der Waals surface area contributed by atoms with E-state index in [0.717, 1.165) is 18.2 Å². The summed E-state index contributed by atoms with van der Waals surface area (Å²) in [5, 5.41) is 3.03. The minimum Gasteiger partial charge on any atom is -0.389 e. The van der Waals surface area contributed by atoms with Crippen molar-refractivity contribution in [3.05, 3.63) is 58.6 Å². The van der Waals surface area contributed by atoms with Crippen molar-refractivity contribution >= 4 is 40.2 Å². The van der Waals surface area contributed by atoms with Crippen molar-refractivity contribution in [2.75, 3.05) is 5.32 Å². The Labute approximate surface area is 119 Å². The number of benzene rings is 2. The quantitative estimate of drug-likeness (QED) is 0.841. The minimum atomic E-state index is -0.573. The van der Waals surface area contributed by atoms with Gasteiger partial charge in [0.15, 0.2) is 0 Å². The van der Waals surface area contributed by atoms with Gasteiger partial charge in [-0.05, 0) is 30.3 Å². The van der Waals surface area contributed by atoms with E-state index in [2.05, 4.69) is 5.32 Å². The highest BCUT2D eigenvalue weighted by Crippen LogP contribution is 2.28. The maximum Gasteiger partial charge on any atom is 0.146 e. The Balaban J connectivity index is 2.33. The number of anilines is 2. The van der Waals surface area contributed by atoms with Crippen LogP contribution in [-0.4, -0.2) is 4.99 Å². The second-order valence-corrected chi connectivity index (χ2v) is 4.66. The third-order valence-corrected chi connectivity index (χ3v) is 3.00. The highest BCUT2D eigenvalue weighted by atomic mass is 35.5. The first-order valence-electron chi connectivity index (χ1n) is 5.29. The van der Waals surface area contributed by atoms with Crippen molar-refractivity contribution in [1.82, 2.24) is 0 Å². The van der Waals surface area contributed by atoms with Crippen LogP contribution in [0.4, 0.5) is 20.2 Å². The van der Waals surface area contributed by atoms with Crippen LogP contribution < -0.4 is 11.1 Å². The monoisotopic (exact) mass is 298 g/mol. The van der Waals surface area contributed by atoms with Crippen molar-refractivity contribution < 1.29 is 8.78 Å². The molecule has 6 heteroatoms. The summed E-state index contributed by atoms with van der Waals surface area (Å²) in [5.41, 5.74) is 6.52. The summed E-state index contributed by atoms with van der Waals surface area (Å²) >= 11 is 10.8. The molecule has 0 amide bonds. The maximum atomic E-state index is 13.5. The van der Waals surface area contributed by atoms with Crippen molar-refractivity contribution in [1.29, 1.82) is 0 Å². The first kappa shape index (κ1) is 13.7. The molecule has 0 atom stereocenters. The van der Waals surface area contributed by atoms with Gasteiger partial charge in [0.25, 0.3) is 0 Å². The molecule has 2 aromatic carbocycles. The average molecular weight is 299 g/mol. The average Bonchev–Trinajstić information content (AvgIpc) is 2.36. The zero-order valence-corrected chi connectivity index (χ0v) is 11.2. The second kappa shape index (κ2) is 5.50. The fraction of sp³-hybridized carbons (Fsp3) is 0. The molecule has 0 bridgehead atoms. The SMILES string of the molecule is NC(=S)c1ccc(Nc2cc(F)ccc2F)c(Cl)c1. The van der Waals surface area contributed by atoms with Crippen LogP contribution in [0.3, 0.4) is 0 Å². The zero-order chi connectivity index (χ0) is 14.0. The lowest BCUT2D eigenvalue weighted by atomic mass is 10.2. The predicted octanol–water partition coefficient (Wildman–Crippen LogP) is 4.00. The van der Waals surface area contributed by atoms with Gasteiger partial charge in [-0.2, -0.15) is 0 Å². The molecule has 2 nitrogen and oxygen atoms in total. The topological polar surface area (TPSA) is 38.0 Å². The second-order valence-electron chi connectivity index (χ2n) is 3.81. The van der Waals surface area contributed by atoms with Crippen molar-refractivity contribution in [3.63, 3.8) is 0 Å². The molecule has 0 radical (unpaired) electrons. The molecular formula is C13H9ClF2N2S. The van der Waals surface area contributed by atoms with E-state index in [9.17, 15) is 8.78 Å². The van der Waals surface area contributed by atoms with Gasteiger partial charge in [0.2, 0.25) is 0 Å². The van der Waals surface area contributed by atoms with Crippen LogP contribution in [0.25, 0.3) is 0 Å². The van der Waals surface area contributed by atoms with Crippen LogP contribution in [0.5, 0.6) is 0 Å². The molecule has 0 aromatic heterocycles. The molecule has 0 aliphatic carbocycles. The van der Waals surface area contributed by atoms with E-state index in [0.29, 0.717) is 16.3 Å². The molecule has 0 spiro atoms. The third kappa shape index (κ3) is 3.19. The van der Waals surface area contributed by atoms with Crippen LogP contribution in [0.1, 0.15) is 5.56 Å². The summed E-state index contributed by atoms with van der Waals surface area (Å²) in [4.78, 5) is 0.213. The molecule has 0 heterocycles. The molecule has 2 aromatic rings. The third-order valence-electron chi connectivity index (χ3n) is 2.45. The number of nitrogens with two attached hydrogens (primary N) is 1. The Morgan fingerprint density at radius 1 is 1.11 bits per heavy atom. The number of halogens is 3. The number of rotatable bonds is 3.